The van der Waals surface area contributed by atoms with Crippen molar-refractivity contribution in [2.24, 2.45) is 0 Å². The summed E-state index contributed by atoms with van der Waals surface area (Å²) in [5.41, 5.74) is 4.89. The van der Waals surface area contributed by atoms with Crippen molar-refractivity contribution in [2.45, 2.75) is 6.42 Å². The molecule has 0 aliphatic rings. The summed E-state index contributed by atoms with van der Waals surface area (Å²) in [6.07, 6.45) is 5.85. The number of aromatic nitrogens is 6. The average molecular weight is 650 g/mol. The van der Waals surface area contributed by atoms with Crippen LogP contribution in [-0.2, 0) is 16.3 Å². The molecule has 47 heavy (non-hydrogen) atoms. The number of fused-ring (bicyclic) bond motifs is 2. The van der Waals surface area contributed by atoms with E-state index in [2.05, 4.69) is 30.5 Å². The minimum absolute atomic E-state index is 0.105. The van der Waals surface area contributed by atoms with E-state index in [1.165, 1.54) is 30.6 Å². The van der Waals surface area contributed by atoms with Crippen molar-refractivity contribution in [2.75, 3.05) is 17.3 Å². The lowest BCUT2D eigenvalue weighted by molar-refractivity contribution is 0.102. The summed E-state index contributed by atoms with van der Waals surface area (Å²) >= 11 is 0. The molecule has 0 saturated heterocycles. The summed E-state index contributed by atoms with van der Waals surface area (Å²) < 4.78 is 53.4. The quantitative estimate of drug-likeness (QED) is 0.174. The lowest BCUT2D eigenvalue weighted by atomic mass is 10.0. The van der Waals surface area contributed by atoms with Gasteiger partial charge in [-0.15, -0.1) is 0 Å². The van der Waals surface area contributed by atoms with Gasteiger partial charge in [0.05, 0.1) is 23.2 Å². The van der Waals surface area contributed by atoms with Gasteiger partial charge in [-0.2, -0.15) is 5.10 Å². The largest absolute Gasteiger partial charge is 0.321 e. The average Bonchev–Trinajstić information content (AvgIpc) is 3.67. The number of sulfone groups is 1. The summed E-state index contributed by atoms with van der Waals surface area (Å²) in [4.78, 5) is 29.2. The van der Waals surface area contributed by atoms with Crippen LogP contribution in [0.2, 0.25) is 0 Å². The maximum absolute atomic E-state index is 15.4. The molecule has 4 aromatic heterocycles. The highest BCUT2D eigenvalue weighted by Crippen LogP contribution is 2.34. The van der Waals surface area contributed by atoms with Gasteiger partial charge in [-0.25, -0.2) is 27.2 Å². The van der Waals surface area contributed by atoms with E-state index in [1.807, 2.05) is 6.07 Å². The Balaban J connectivity index is 1.25. The van der Waals surface area contributed by atoms with Crippen molar-refractivity contribution in [1.29, 1.82) is 0 Å². The number of nitrogens with zero attached hydrogens (tertiary/aromatic N) is 4. The van der Waals surface area contributed by atoms with E-state index < -0.39 is 21.5 Å². The van der Waals surface area contributed by atoms with Crippen LogP contribution < -0.4 is 5.32 Å². The Labute approximate surface area is 266 Å². The molecule has 0 unspecified atom stereocenters. The normalized spacial score (nSPS) is 11.7. The number of amides is 1. The van der Waals surface area contributed by atoms with Crippen LogP contribution in [0.1, 0.15) is 15.9 Å². The fraction of sp³-hybridized carbons (Fsp3) is 0.0882. The number of imidazole rings is 1. The molecular formula is C34H25F2N7O3S. The molecule has 234 valence electrons. The molecule has 0 spiro atoms. The number of carbonyl (C=O) groups excluding carboxylic acids is 1. The number of hydrogen-bond acceptors (Lipinski definition) is 7. The minimum atomic E-state index is -3.23. The number of halogens is 2. The number of anilines is 1. The lowest BCUT2D eigenvalue weighted by Crippen LogP contribution is -2.11. The first-order valence-electron chi connectivity index (χ1n) is 14.4. The Morgan fingerprint density at radius 3 is 2.57 bits per heavy atom. The maximum Gasteiger partial charge on any atom is 0.255 e. The molecule has 3 aromatic carbocycles. The number of nitrogens with one attached hydrogen (secondary N) is 3. The topological polar surface area (TPSA) is 146 Å². The van der Waals surface area contributed by atoms with Gasteiger partial charge in [0.2, 0.25) is 0 Å². The zero-order valence-electron chi connectivity index (χ0n) is 24.8. The number of pyridine rings is 2. The van der Waals surface area contributed by atoms with Gasteiger partial charge in [-0.3, -0.25) is 14.9 Å². The van der Waals surface area contributed by atoms with E-state index in [9.17, 15) is 17.6 Å². The van der Waals surface area contributed by atoms with E-state index >= 15 is 4.39 Å². The summed E-state index contributed by atoms with van der Waals surface area (Å²) in [6.45, 7) is 0. The zero-order chi connectivity index (χ0) is 32.7. The first-order chi connectivity index (χ1) is 22.6. The highest BCUT2D eigenvalue weighted by Gasteiger charge is 2.19. The van der Waals surface area contributed by atoms with Gasteiger partial charge >= 0.3 is 0 Å². The molecule has 0 atom stereocenters. The first kappa shape index (κ1) is 29.9. The molecule has 1 amide bonds. The number of rotatable bonds is 8. The Morgan fingerprint density at radius 1 is 0.936 bits per heavy atom. The van der Waals surface area contributed by atoms with Crippen molar-refractivity contribution in [3.05, 3.63) is 114 Å². The van der Waals surface area contributed by atoms with Crippen LogP contribution in [0.5, 0.6) is 0 Å². The number of H-pyrrole nitrogens is 2. The Kier molecular flexibility index (Phi) is 7.52. The molecule has 0 aliphatic heterocycles. The molecule has 13 heteroatoms. The van der Waals surface area contributed by atoms with Crippen LogP contribution in [0.3, 0.4) is 0 Å². The van der Waals surface area contributed by atoms with Gasteiger partial charge in [0.15, 0.2) is 11.5 Å². The van der Waals surface area contributed by atoms with Crippen LogP contribution in [0.4, 0.5) is 14.5 Å². The van der Waals surface area contributed by atoms with Gasteiger partial charge in [-0.1, -0.05) is 24.3 Å². The Bertz CT molecular complexity index is 2430. The SMILES string of the molecule is CS(=O)(=O)CCc1cc(F)cc(-c2ccnc3[nH]c(-c4n[nH]c5cc(F)c(-c6cncc(NC(=O)c7ccccc7)c6)cc45)nc23)c1. The third-order valence-corrected chi connectivity index (χ3v) is 8.58. The van der Waals surface area contributed by atoms with Gasteiger partial charge in [-0.05, 0) is 60.0 Å². The molecule has 0 bridgehead atoms. The summed E-state index contributed by atoms with van der Waals surface area (Å²) in [7, 11) is -3.23. The third-order valence-electron chi connectivity index (χ3n) is 7.63. The second-order valence-electron chi connectivity index (χ2n) is 11.1. The number of aryl methyl sites for hydroxylation is 1. The predicted octanol–water partition coefficient (Wildman–Crippen LogP) is 6.35. The summed E-state index contributed by atoms with van der Waals surface area (Å²) in [5, 5.41) is 10.6. The van der Waals surface area contributed by atoms with Crippen LogP contribution in [0.25, 0.3) is 55.8 Å². The van der Waals surface area contributed by atoms with Crippen LogP contribution in [-0.4, -0.2) is 56.5 Å². The maximum atomic E-state index is 15.4. The fourth-order valence-corrected chi connectivity index (χ4v) is 6.00. The van der Waals surface area contributed by atoms with Gasteiger partial charge < -0.3 is 10.3 Å². The van der Waals surface area contributed by atoms with Crippen molar-refractivity contribution in [1.82, 2.24) is 30.1 Å². The Hall–Kier alpha value is -5.82. The standard InChI is InChI=1S/C34H25F2N7O3S/c1-47(45,46)10-8-19-11-21(13-23(35)12-19)25-7-9-38-32-30(25)40-33(41-32)31-27-15-26(28(36)16-29(27)42-43-31)22-14-24(18-37-17-22)39-34(44)20-5-3-2-4-6-20/h2-7,9,11-18H,8,10H2,1H3,(H,39,44)(H,42,43)(H,38,40,41). The summed E-state index contributed by atoms with van der Waals surface area (Å²) in [6, 6.07) is 19.4. The van der Waals surface area contributed by atoms with Crippen LogP contribution in [0, 0.1) is 11.6 Å². The van der Waals surface area contributed by atoms with Gasteiger partial charge in [0, 0.05) is 52.4 Å². The second kappa shape index (κ2) is 11.8. The van der Waals surface area contributed by atoms with Crippen LogP contribution in [0.15, 0.2) is 91.4 Å². The molecule has 7 aromatic rings. The highest BCUT2D eigenvalue weighted by atomic mass is 32.2. The smallest absolute Gasteiger partial charge is 0.255 e. The fourth-order valence-electron chi connectivity index (χ4n) is 5.40. The molecule has 3 N–H and O–H groups in total. The molecule has 0 saturated carbocycles. The van der Waals surface area contributed by atoms with Crippen molar-refractivity contribution in [3.8, 4) is 33.8 Å². The zero-order valence-corrected chi connectivity index (χ0v) is 25.6. The first-order valence-corrected chi connectivity index (χ1v) is 16.5. The molecule has 10 nitrogen and oxygen atoms in total. The van der Waals surface area contributed by atoms with E-state index in [0.29, 0.717) is 67.1 Å². The van der Waals surface area contributed by atoms with Gasteiger partial charge in [0.1, 0.15) is 32.7 Å². The van der Waals surface area contributed by atoms with Crippen molar-refractivity contribution in [3.63, 3.8) is 0 Å². The number of aromatic amines is 2. The van der Waals surface area contributed by atoms with Crippen LogP contribution >= 0.6 is 0 Å². The van der Waals surface area contributed by atoms with Crippen molar-refractivity contribution >= 4 is 43.5 Å². The molecule has 0 radical (unpaired) electrons. The minimum Gasteiger partial charge on any atom is -0.321 e. The molecule has 0 fully saturated rings. The third kappa shape index (κ3) is 6.20. The molecule has 4 heterocycles. The second-order valence-corrected chi connectivity index (χ2v) is 13.4. The predicted molar refractivity (Wildman–Crippen MR) is 175 cm³/mol. The van der Waals surface area contributed by atoms with E-state index in [0.717, 1.165) is 6.26 Å². The van der Waals surface area contributed by atoms with Crippen molar-refractivity contribution < 1.29 is 22.0 Å². The van der Waals surface area contributed by atoms with E-state index in [-0.39, 0.29) is 23.6 Å². The molecular weight excluding hydrogens is 624 g/mol. The lowest BCUT2D eigenvalue weighted by Gasteiger charge is -2.08. The monoisotopic (exact) mass is 649 g/mol. The Morgan fingerprint density at radius 2 is 1.77 bits per heavy atom. The molecule has 7 rings (SSSR count). The number of hydrogen-bond donors (Lipinski definition) is 3. The van der Waals surface area contributed by atoms with Gasteiger partial charge in [0.25, 0.3) is 5.91 Å². The summed E-state index contributed by atoms with van der Waals surface area (Å²) in [5.74, 6) is -1.10. The molecule has 0 aliphatic carbocycles. The van der Waals surface area contributed by atoms with E-state index in [4.69, 9.17) is 4.98 Å². The number of carbonyl (C=O) groups is 1. The highest BCUT2D eigenvalue weighted by molar-refractivity contribution is 7.90. The number of benzene rings is 3. The van der Waals surface area contributed by atoms with E-state index in [1.54, 1.807) is 54.7 Å².